The molecule has 0 N–H and O–H groups in total. The number of likely N-dealkylation sites (tertiary alicyclic amines) is 1. The van der Waals surface area contributed by atoms with Crippen molar-refractivity contribution in [1.82, 2.24) is 9.80 Å². The Kier molecular flexibility index (Phi) is 7.77. The van der Waals surface area contributed by atoms with E-state index in [1.165, 1.54) is 12.7 Å². The van der Waals surface area contributed by atoms with Crippen LogP contribution < -0.4 is 4.74 Å². The van der Waals surface area contributed by atoms with Crippen LogP contribution in [0.2, 0.25) is 0 Å². The highest BCUT2D eigenvalue weighted by molar-refractivity contribution is 5.94. The molecule has 7 heteroatoms. The summed E-state index contributed by atoms with van der Waals surface area (Å²) in [5.74, 6) is 0.470. The second-order valence-electron chi connectivity index (χ2n) is 9.91. The number of amides is 1. The Morgan fingerprint density at radius 3 is 2.46 bits per heavy atom. The zero-order chi connectivity index (χ0) is 25.0. The van der Waals surface area contributed by atoms with Gasteiger partial charge in [-0.3, -0.25) is 9.69 Å². The lowest BCUT2D eigenvalue weighted by molar-refractivity contribution is -0.197. The quantitative estimate of drug-likeness (QED) is 0.586. The lowest BCUT2D eigenvalue weighted by atomic mass is 9.88. The number of piperidine rings is 1. The first-order chi connectivity index (χ1) is 16.8. The van der Waals surface area contributed by atoms with Crippen LogP contribution in [0.25, 0.3) is 0 Å². The highest BCUT2D eigenvalue weighted by Crippen LogP contribution is 2.34. The van der Waals surface area contributed by atoms with Gasteiger partial charge in [-0.2, -0.15) is 0 Å². The van der Waals surface area contributed by atoms with Crippen molar-refractivity contribution in [2.75, 3.05) is 33.3 Å². The summed E-state index contributed by atoms with van der Waals surface area (Å²) in [6.45, 7) is 9.05. The van der Waals surface area contributed by atoms with Gasteiger partial charge < -0.3 is 19.1 Å². The minimum Gasteiger partial charge on any atom is -0.491 e. The van der Waals surface area contributed by atoms with Gasteiger partial charge in [-0.1, -0.05) is 30.3 Å². The maximum absolute atomic E-state index is 13.2. The molecule has 0 radical (unpaired) electrons. The van der Waals surface area contributed by atoms with E-state index in [9.17, 15) is 9.59 Å². The van der Waals surface area contributed by atoms with E-state index in [4.69, 9.17) is 14.2 Å². The molecule has 7 nitrogen and oxygen atoms in total. The van der Waals surface area contributed by atoms with Crippen LogP contribution in [0.1, 0.15) is 48.2 Å². The van der Waals surface area contributed by atoms with Gasteiger partial charge in [0.25, 0.3) is 5.91 Å². The Hall–Kier alpha value is -2.90. The topological polar surface area (TPSA) is 68.3 Å². The molecule has 35 heavy (non-hydrogen) atoms. The van der Waals surface area contributed by atoms with Gasteiger partial charge in [0.1, 0.15) is 5.75 Å². The number of hydrogen-bond donors (Lipinski definition) is 0. The van der Waals surface area contributed by atoms with Crippen LogP contribution >= 0.6 is 0 Å². The van der Waals surface area contributed by atoms with E-state index < -0.39 is 11.7 Å². The Bertz CT molecular complexity index is 1030. The number of morpholine rings is 1. The van der Waals surface area contributed by atoms with Crippen molar-refractivity contribution < 1.29 is 23.8 Å². The minimum absolute atomic E-state index is 0.0144. The largest absolute Gasteiger partial charge is 0.491 e. The third-order valence-corrected chi connectivity index (χ3v) is 6.79. The minimum atomic E-state index is -0.629. The van der Waals surface area contributed by atoms with Gasteiger partial charge in [0.05, 0.1) is 18.8 Å². The molecule has 4 rings (SSSR count). The summed E-state index contributed by atoms with van der Waals surface area (Å²) in [7, 11) is 1.40. The molecule has 1 amide bonds. The highest BCUT2D eigenvalue weighted by Gasteiger charge is 2.46. The highest BCUT2D eigenvalue weighted by atomic mass is 16.6. The third kappa shape index (κ3) is 6.03. The first kappa shape index (κ1) is 25.2. The van der Waals surface area contributed by atoms with Crippen LogP contribution in [0.3, 0.4) is 0 Å². The molecule has 2 aliphatic rings. The maximum atomic E-state index is 13.2. The predicted molar refractivity (Wildman–Crippen MR) is 133 cm³/mol. The normalized spacial score (nSPS) is 20.1. The van der Waals surface area contributed by atoms with E-state index in [-0.39, 0.29) is 18.0 Å². The second-order valence-corrected chi connectivity index (χ2v) is 9.91. The van der Waals surface area contributed by atoms with E-state index in [1.54, 1.807) is 0 Å². The average Bonchev–Trinajstić information content (AvgIpc) is 2.85. The molecule has 0 bridgehead atoms. The summed E-state index contributed by atoms with van der Waals surface area (Å²) in [6, 6.07) is 15.8. The average molecular weight is 481 g/mol. The van der Waals surface area contributed by atoms with Crippen molar-refractivity contribution >= 4 is 11.9 Å². The van der Waals surface area contributed by atoms with Crippen molar-refractivity contribution in [3.05, 3.63) is 65.2 Å². The zero-order valence-electron chi connectivity index (χ0n) is 21.2. The number of rotatable bonds is 6. The molecule has 2 aromatic carbocycles. The molecule has 1 atom stereocenters. The van der Waals surface area contributed by atoms with E-state index in [0.717, 1.165) is 24.4 Å². The van der Waals surface area contributed by atoms with Gasteiger partial charge in [-0.25, -0.2) is 4.79 Å². The fourth-order valence-electron chi connectivity index (χ4n) is 5.04. The predicted octanol–water partition coefficient (Wildman–Crippen LogP) is 3.83. The monoisotopic (exact) mass is 480 g/mol. The summed E-state index contributed by atoms with van der Waals surface area (Å²) in [4.78, 5) is 29.8. The van der Waals surface area contributed by atoms with Gasteiger partial charge in [0.2, 0.25) is 0 Å². The van der Waals surface area contributed by atoms with Crippen LogP contribution in [0.15, 0.2) is 48.5 Å². The van der Waals surface area contributed by atoms with E-state index in [0.29, 0.717) is 38.0 Å². The summed E-state index contributed by atoms with van der Waals surface area (Å²) >= 11 is 0. The van der Waals surface area contributed by atoms with Crippen LogP contribution in [0.4, 0.5) is 0 Å². The standard InChI is InChI=1S/C28H36N2O5/c1-20(2)34-24-11-10-23(16-21(24)3)26(31)30-14-12-28(13-15-30)19-29(17-22-8-6-5-7-9-22)18-25(35-28)27(32)33-4/h5-11,16,20,25H,12-15,17-19H2,1-4H3. The fourth-order valence-corrected chi connectivity index (χ4v) is 5.04. The van der Waals surface area contributed by atoms with Crippen LogP contribution in [-0.2, 0) is 20.8 Å². The van der Waals surface area contributed by atoms with Crippen LogP contribution in [-0.4, -0.2) is 72.8 Å². The van der Waals surface area contributed by atoms with E-state index in [2.05, 4.69) is 17.0 Å². The van der Waals surface area contributed by atoms with Crippen molar-refractivity contribution in [3.8, 4) is 5.75 Å². The van der Waals surface area contributed by atoms with Crippen LogP contribution in [0.5, 0.6) is 5.75 Å². The molecular weight excluding hydrogens is 444 g/mol. The molecule has 1 spiro atoms. The number of nitrogens with zero attached hydrogens (tertiary/aromatic N) is 2. The Labute approximate surface area is 207 Å². The SMILES string of the molecule is COC(=O)C1CN(Cc2ccccc2)CC2(CCN(C(=O)c3ccc(OC(C)C)c(C)c3)CC2)O1. The van der Waals surface area contributed by atoms with Crippen LogP contribution in [0, 0.1) is 6.92 Å². The van der Waals surface area contributed by atoms with Crippen molar-refractivity contribution in [2.45, 2.75) is 58.0 Å². The molecule has 2 aliphatic heterocycles. The fraction of sp³-hybridized carbons (Fsp3) is 0.500. The Morgan fingerprint density at radius 2 is 1.83 bits per heavy atom. The number of hydrogen-bond acceptors (Lipinski definition) is 6. The lowest BCUT2D eigenvalue weighted by Gasteiger charge is -2.49. The van der Waals surface area contributed by atoms with Crippen molar-refractivity contribution in [2.24, 2.45) is 0 Å². The van der Waals surface area contributed by atoms with Gasteiger partial charge in [0.15, 0.2) is 6.10 Å². The van der Waals surface area contributed by atoms with Crippen molar-refractivity contribution in [3.63, 3.8) is 0 Å². The molecule has 2 heterocycles. The smallest absolute Gasteiger partial charge is 0.336 e. The Balaban J connectivity index is 1.44. The first-order valence-electron chi connectivity index (χ1n) is 12.4. The maximum Gasteiger partial charge on any atom is 0.336 e. The molecule has 2 fully saturated rings. The molecule has 2 saturated heterocycles. The summed E-state index contributed by atoms with van der Waals surface area (Å²) in [5, 5.41) is 0. The summed E-state index contributed by atoms with van der Waals surface area (Å²) in [5.41, 5.74) is 2.33. The van der Waals surface area contributed by atoms with Crippen molar-refractivity contribution in [1.29, 1.82) is 0 Å². The Morgan fingerprint density at radius 1 is 1.11 bits per heavy atom. The molecule has 188 valence electrons. The second kappa shape index (κ2) is 10.8. The van der Waals surface area contributed by atoms with Gasteiger partial charge >= 0.3 is 5.97 Å². The summed E-state index contributed by atoms with van der Waals surface area (Å²) < 4.78 is 17.2. The molecule has 1 unspecified atom stereocenters. The van der Waals surface area contributed by atoms with E-state index in [1.807, 2.05) is 62.1 Å². The lowest BCUT2D eigenvalue weighted by Crippen LogP contribution is -2.61. The number of carbonyl (C=O) groups excluding carboxylic acids is 2. The van der Waals surface area contributed by atoms with Gasteiger partial charge in [0, 0.05) is 38.3 Å². The number of esters is 1. The van der Waals surface area contributed by atoms with Gasteiger partial charge in [-0.15, -0.1) is 0 Å². The molecule has 0 saturated carbocycles. The zero-order valence-corrected chi connectivity index (χ0v) is 21.2. The molecule has 0 aromatic heterocycles. The molecule has 0 aliphatic carbocycles. The number of benzene rings is 2. The third-order valence-electron chi connectivity index (χ3n) is 6.79. The molecular formula is C28H36N2O5. The number of methoxy groups -OCH3 is 1. The van der Waals surface area contributed by atoms with E-state index >= 15 is 0 Å². The number of aryl methyl sites for hydroxylation is 1. The number of carbonyl (C=O) groups is 2. The summed E-state index contributed by atoms with van der Waals surface area (Å²) in [6.07, 6.45) is 0.797. The molecule has 2 aromatic rings. The number of ether oxygens (including phenoxy) is 3. The van der Waals surface area contributed by atoms with Gasteiger partial charge in [-0.05, 0) is 62.9 Å². The first-order valence-corrected chi connectivity index (χ1v) is 12.4.